The molecule has 0 radical (unpaired) electrons. The fourth-order valence-corrected chi connectivity index (χ4v) is 2.02. The lowest BCUT2D eigenvalue weighted by Crippen LogP contribution is -2.22. The number of hydrogen-bond acceptors (Lipinski definition) is 4. The van der Waals surface area contributed by atoms with E-state index in [1.807, 2.05) is 30.6 Å². The van der Waals surface area contributed by atoms with Gasteiger partial charge in [0.15, 0.2) is 5.82 Å². The van der Waals surface area contributed by atoms with E-state index < -0.39 is 0 Å². The van der Waals surface area contributed by atoms with Crippen LogP contribution in [0.5, 0.6) is 0 Å². The van der Waals surface area contributed by atoms with Gasteiger partial charge in [-0.05, 0) is 31.2 Å². The smallest absolute Gasteiger partial charge is 0.153 e. The average Bonchev–Trinajstić information content (AvgIpc) is 3.01. The van der Waals surface area contributed by atoms with Crippen molar-refractivity contribution in [2.75, 3.05) is 18.4 Å². The summed E-state index contributed by atoms with van der Waals surface area (Å²) in [5.74, 6) is 0.838. The van der Waals surface area contributed by atoms with E-state index in [1.54, 1.807) is 10.9 Å². The van der Waals surface area contributed by atoms with Crippen molar-refractivity contribution < 1.29 is 0 Å². The molecule has 2 aromatic heterocycles. The van der Waals surface area contributed by atoms with Crippen molar-refractivity contribution >= 4 is 5.69 Å². The molecular weight excluding hydrogens is 214 g/mol. The van der Waals surface area contributed by atoms with E-state index >= 15 is 0 Å². The van der Waals surface area contributed by atoms with Gasteiger partial charge in [-0.25, -0.2) is 9.67 Å². The first kappa shape index (κ1) is 10.3. The van der Waals surface area contributed by atoms with E-state index in [9.17, 15) is 0 Å². The summed E-state index contributed by atoms with van der Waals surface area (Å²) in [5, 5.41) is 10.9. The molecular formula is C12H15N5. The first-order valence-electron chi connectivity index (χ1n) is 5.85. The molecule has 1 aliphatic heterocycles. The van der Waals surface area contributed by atoms with Gasteiger partial charge in [-0.15, -0.1) is 0 Å². The number of hydrogen-bond donors (Lipinski definition) is 2. The number of nitrogens with one attached hydrogen (secondary N) is 2. The average molecular weight is 229 g/mol. The Bertz CT molecular complexity index is 456. The van der Waals surface area contributed by atoms with Crippen LogP contribution < -0.4 is 10.6 Å². The van der Waals surface area contributed by atoms with E-state index in [0.29, 0.717) is 6.04 Å². The van der Waals surface area contributed by atoms with Gasteiger partial charge < -0.3 is 10.6 Å². The van der Waals surface area contributed by atoms with Crippen LogP contribution in [-0.2, 0) is 0 Å². The van der Waals surface area contributed by atoms with Gasteiger partial charge in [0.05, 0.1) is 11.9 Å². The molecule has 17 heavy (non-hydrogen) atoms. The number of rotatable bonds is 3. The van der Waals surface area contributed by atoms with Gasteiger partial charge in [0.1, 0.15) is 0 Å². The lowest BCUT2D eigenvalue weighted by Gasteiger charge is -2.12. The molecule has 1 saturated heterocycles. The predicted octanol–water partition coefficient (Wildman–Crippen LogP) is 1.04. The van der Waals surface area contributed by atoms with Gasteiger partial charge in [0.25, 0.3) is 0 Å². The van der Waals surface area contributed by atoms with E-state index in [-0.39, 0.29) is 0 Å². The fraction of sp³-hybridized carbons (Fsp3) is 0.333. The van der Waals surface area contributed by atoms with Crippen molar-refractivity contribution in [3.63, 3.8) is 0 Å². The highest BCUT2D eigenvalue weighted by Gasteiger charge is 2.13. The Balaban J connectivity index is 1.71. The second kappa shape index (κ2) is 4.55. The van der Waals surface area contributed by atoms with Crippen molar-refractivity contribution in [3.8, 4) is 5.82 Å². The molecule has 1 unspecified atom stereocenters. The molecule has 2 aromatic rings. The summed E-state index contributed by atoms with van der Waals surface area (Å²) in [6.45, 7) is 2.12. The maximum atomic E-state index is 4.38. The minimum Gasteiger partial charge on any atom is -0.380 e. The first-order valence-corrected chi connectivity index (χ1v) is 5.85. The predicted molar refractivity (Wildman–Crippen MR) is 66.3 cm³/mol. The van der Waals surface area contributed by atoms with E-state index in [2.05, 4.69) is 20.7 Å². The molecule has 0 aliphatic carbocycles. The zero-order valence-electron chi connectivity index (χ0n) is 9.50. The van der Waals surface area contributed by atoms with Crippen molar-refractivity contribution in [2.45, 2.75) is 12.5 Å². The van der Waals surface area contributed by atoms with E-state index in [1.165, 1.54) is 6.42 Å². The summed E-state index contributed by atoms with van der Waals surface area (Å²) in [4.78, 5) is 4.38. The molecule has 5 nitrogen and oxygen atoms in total. The third-order valence-corrected chi connectivity index (χ3v) is 2.92. The van der Waals surface area contributed by atoms with Crippen LogP contribution in [0.4, 0.5) is 5.69 Å². The van der Waals surface area contributed by atoms with Crippen LogP contribution in [0.2, 0.25) is 0 Å². The molecule has 1 atom stereocenters. The third kappa shape index (κ3) is 2.29. The zero-order valence-corrected chi connectivity index (χ0v) is 9.50. The normalized spacial score (nSPS) is 19.4. The Labute approximate surface area is 99.9 Å². The summed E-state index contributed by atoms with van der Waals surface area (Å²) in [5.41, 5.74) is 1.06. The van der Waals surface area contributed by atoms with Crippen molar-refractivity contribution in [2.24, 2.45) is 0 Å². The third-order valence-electron chi connectivity index (χ3n) is 2.92. The van der Waals surface area contributed by atoms with Gasteiger partial charge >= 0.3 is 0 Å². The summed E-state index contributed by atoms with van der Waals surface area (Å²) in [6.07, 6.45) is 6.66. The molecule has 0 saturated carbocycles. The van der Waals surface area contributed by atoms with Gasteiger partial charge in [-0.2, -0.15) is 5.10 Å². The van der Waals surface area contributed by atoms with Crippen LogP contribution in [0.25, 0.3) is 5.82 Å². The second-order valence-electron chi connectivity index (χ2n) is 4.19. The number of nitrogens with zero attached hydrogens (tertiary/aromatic N) is 3. The minimum absolute atomic E-state index is 0.521. The molecule has 88 valence electrons. The van der Waals surface area contributed by atoms with Crippen molar-refractivity contribution in [1.29, 1.82) is 0 Å². The highest BCUT2D eigenvalue weighted by atomic mass is 15.3. The van der Waals surface area contributed by atoms with Crippen molar-refractivity contribution in [3.05, 3.63) is 36.8 Å². The van der Waals surface area contributed by atoms with Crippen LogP contribution in [0.15, 0.2) is 36.8 Å². The first-order chi connectivity index (χ1) is 8.42. The van der Waals surface area contributed by atoms with Crippen LogP contribution in [0, 0.1) is 0 Å². The molecule has 5 heteroatoms. The molecule has 3 rings (SSSR count). The molecule has 1 aliphatic rings. The number of pyridine rings is 1. The summed E-state index contributed by atoms with van der Waals surface area (Å²) < 4.78 is 1.75. The van der Waals surface area contributed by atoms with E-state index in [0.717, 1.165) is 24.6 Å². The maximum Gasteiger partial charge on any atom is 0.153 e. The number of anilines is 1. The Kier molecular flexibility index (Phi) is 2.75. The molecule has 0 spiro atoms. The molecule has 3 heterocycles. The molecule has 1 fully saturated rings. The topological polar surface area (TPSA) is 54.8 Å². The number of aromatic nitrogens is 3. The highest BCUT2D eigenvalue weighted by Crippen LogP contribution is 2.12. The van der Waals surface area contributed by atoms with Crippen LogP contribution in [0.1, 0.15) is 6.42 Å². The molecule has 0 aromatic carbocycles. The second-order valence-corrected chi connectivity index (χ2v) is 4.19. The van der Waals surface area contributed by atoms with Crippen LogP contribution >= 0.6 is 0 Å². The van der Waals surface area contributed by atoms with E-state index in [4.69, 9.17) is 0 Å². The lowest BCUT2D eigenvalue weighted by molar-refractivity contribution is 0.791. The summed E-state index contributed by atoms with van der Waals surface area (Å²) in [7, 11) is 0. The Morgan fingerprint density at radius 2 is 2.41 bits per heavy atom. The summed E-state index contributed by atoms with van der Waals surface area (Å²) in [6, 6.07) is 6.42. The Hall–Kier alpha value is -1.88. The monoisotopic (exact) mass is 229 g/mol. The molecule has 0 amide bonds. The highest BCUT2D eigenvalue weighted by molar-refractivity contribution is 5.44. The largest absolute Gasteiger partial charge is 0.380 e. The Morgan fingerprint density at radius 1 is 1.41 bits per heavy atom. The van der Waals surface area contributed by atoms with Crippen molar-refractivity contribution in [1.82, 2.24) is 20.1 Å². The Morgan fingerprint density at radius 3 is 3.06 bits per heavy atom. The van der Waals surface area contributed by atoms with Gasteiger partial charge in [-0.1, -0.05) is 0 Å². The summed E-state index contributed by atoms with van der Waals surface area (Å²) >= 11 is 0. The van der Waals surface area contributed by atoms with Crippen LogP contribution in [0.3, 0.4) is 0 Å². The van der Waals surface area contributed by atoms with Gasteiger partial charge in [0, 0.05) is 25.0 Å². The fourth-order valence-electron chi connectivity index (χ4n) is 2.02. The SMILES string of the molecule is c1cnn(-c2ccc(NC3CCNC3)cn2)c1. The van der Waals surface area contributed by atoms with Gasteiger partial charge in [0.2, 0.25) is 0 Å². The van der Waals surface area contributed by atoms with Crippen LogP contribution in [-0.4, -0.2) is 33.9 Å². The van der Waals surface area contributed by atoms with Gasteiger partial charge in [-0.3, -0.25) is 0 Å². The molecule has 0 bridgehead atoms. The quantitative estimate of drug-likeness (QED) is 0.825. The minimum atomic E-state index is 0.521. The molecule has 2 N–H and O–H groups in total. The standard InChI is InChI=1S/C12H15N5/c1-5-15-17(7-1)12-3-2-10(9-14-12)16-11-4-6-13-8-11/h1-3,5,7,9,11,13,16H,4,6,8H2. The lowest BCUT2D eigenvalue weighted by atomic mass is 10.2. The zero-order chi connectivity index (χ0) is 11.5. The maximum absolute atomic E-state index is 4.38.